The molecular weight excluding hydrogens is 414 g/mol. The summed E-state index contributed by atoms with van der Waals surface area (Å²) in [5.41, 5.74) is 5.23. The molecule has 0 spiro atoms. The number of nitrogens with zero attached hydrogens (tertiary/aromatic N) is 4. The first kappa shape index (κ1) is 22.4. The summed E-state index contributed by atoms with van der Waals surface area (Å²) < 4.78 is 18.1. The van der Waals surface area contributed by atoms with Crippen LogP contribution in [0.3, 0.4) is 0 Å². The summed E-state index contributed by atoms with van der Waals surface area (Å²) in [6, 6.07) is 0. The second-order valence-corrected chi connectivity index (χ2v) is 6.60. The lowest BCUT2D eigenvalue weighted by atomic mass is 10.1. The van der Waals surface area contributed by atoms with Crippen molar-refractivity contribution in [3.05, 3.63) is 35.0 Å². The lowest BCUT2D eigenvalue weighted by Gasteiger charge is -2.16. The number of hydrogen-bond donors (Lipinski definition) is 4. The first-order valence-corrected chi connectivity index (χ1v) is 9.27. The Morgan fingerprint density at radius 2 is 2.10 bits per heavy atom. The highest BCUT2D eigenvalue weighted by molar-refractivity contribution is 5.78. The molecule has 31 heavy (non-hydrogen) atoms. The average molecular weight is 437 g/mol. The third-order valence-electron chi connectivity index (χ3n) is 4.74. The summed E-state index contributed by atoms with van der Waals surface area (Å²) in [4.78, 5) is 31.9. The van der Waals surface area contributed by atoms with Crippen molar-refractivity contribution in [2.24, 2.45) is 0 Å². The number of aliphatic hydroxyl groups is 3. The minimum absolute atomic E-state index is 0.0254. The van der Waals surface area contributed by atoms with E-state index in [1.807, 2.05) is 0 Å². The molecule has 1 fully saturated rings. The van der Waals surface area contributed by atoms with Crippen LogP contribution in [0.2, 0.25) is 0 Å². The summed E-state index contributed by atoms with van der Waals surface area (Å²) in [7, 11) is 0. The van der Waals surface area contributed by atoms with Gasteiger partial charge in [-0.15, -0.1) is 6.58 Å². The maximum atomic E-state index is 13.2. The Bertz CT molecular complexity index is 1060. The van der Waals surface area contributed by atoms with Gasteiger partial charge in [-0.05, 0) is 13.0 Å². The number of aliphatic hydroxyl groups excluding tert-OH is 3. The zero-order chi connectivity index (χ0) is 22.7. The standard InChI is InChI=1S/C18H23N5O8/c1-3-5-22-11-14(20-17(19)21-15(11)29-7-9(4-2)30-8-25)23(18(22)28)16-13(27)12(26)10(6-24)31-16/h3-4,8,10,12-13,16,24,26-27H,1,5-7H2,2H3,(H2,19,20,21)/t10-,12-,13-,16-/m1/s1. The van der Waals surface area contributed by atoms with Gasteiger partial charge >= 0.3 is 5.69 Å². The summed E-state index contributed by atoms with van der Waals surface area (Å²) in [6.45, 7) is 4.78. The fourth-order valence-corrected chi connectivity index (χ4v) is 3.27. The Balaban J connectivity index is 2.16. The number of aromatic nitrogens is 4. The molecule has 13 heteroatoms. The van der Waals surface area contributed by atoms with Crippen LogP contribution in [0.25, 0.3) is 11.2 Å². The van der Waals surface area contributed by atoms with Crippen LogP contribution >= 0.6 is 0 Å². The van der Waals surface area contributed by atoms with Gasteiger partial charge < -0.3 is 35.3 Å². The van der Waals surface area contributed by atoms with Crippen LogP contribution in [-0.2, 0) is 20.8 Å². The molecule has 0 saturated carbocycles. The highest BCUT2D eigenvalue weighted by atomic mass is 16.6. The third kappa shape index (κ3) is 4.03. The van der Waals surface area contributed by atoms with Gasteiger partial charge in [0.05, 0.1) is 6.61 Å². The predicted octanol–water partition coefficient (Wildman–Crippen LogP) is -1.57. The molecule has 3 rings (SSSR count). The molecule has 0 unspecified atom stereocenters. The molecule has 168 valence electrons. The smallest absolute Gasteiger partial charge is 0.333 e. The summed E-state index contributed by atoms with van der Waals surface area (Å²) in [6.07, 6.45) is -2.43. The molecule has 0 aliphatic carbocycles. The Morgan fingerprint density at radius 1 is 1.35 bits per heavy atom. The molecule has 2 aromatic rings. The zero-order valence-electron chi connectivity index (χ0n) is 16.6. The van der Waals surface area contributed by atoms with Gasteiger partial charge in [0.25, 0.3) is 6.47 Å². The van der Waals surface area contributed by atoms with Crippen LogP contribution in [0.15, 0.2) is 29.3 Å². The van der Waals surface area contributed by atoms with Crippen LogP contribution in [0.1, 0.15) is 13.2 Å². The quantitative estimate of drug-likeness (QED) is 0.202. The molecule has 1 aliphatic rings. The molecule has 0 radical (unpaired) electrons. The topological polar surface area (TPSA) is 184 Å². The van der Waals surface area contributed by atoms with Crippen molar-refractivity contribution in [2.45, 2.75) is 38.0 Å². The van der Waals surface area contributed by atoms with Gasteiger partial charge in [-0.3, -0.25) is 9.36 Å². The van der Waals surface area contributed by atoms with Gasteiger partial charge in [0.1, 0.15) is 30.7 Å². The lowest BCUT2D eigenvalue weighted by molar-refractivity contribution is -0.125. The molecule has 0 aromatic carbocycles. The molecule has 1 aliphatic heterocycles. The Labute approximate surface area is 175 Å². The van der Waals surface area contributed by atoms with Crippen LogP contribution in [-0.4, -0.2) is 72.4 Å². The van der Waals surface area contributed by atoms with Crippen molar-refractivity contribution >= 4 is 23.6 Å². The van der Waals surface area contributed by atoms with E-state index in [2.05, 4.69) is 16.5 Å². The fourth-order valence-electron chi connectivity index (χ4n) is 3.27. The van der Waals surface area contributed by atoms with E-state index in [0.29, 0.717) is 0 Å². The van der Waals surface area contributed by atoms with E-state index in [1.165, 1.54) is 16.7 Å². The highest BCUT2D eigenvalue weighted by Gasteiger charge is 2.45. The summed E-state index contributed by atoms with van der Waals surface area (Å²) in [5, 5.41) is 29.9. The predicted molar refractivity (Wildman–Crippen MR) is 106 cm³/mol. The number of carbonyl (C=O) groups excluding carboxylic acids is 1. The Kier molecular flexibility index (Phi) is 6.70. The molecule has 3 heterocycles. The molecule has 2 aromatic heterocycles. The average Bonchev–Trinajstić information content (AvgIpc) is 3.18. The van der Waals surface area contributed by atoms with Gasteiger partial charge in [0.2, 0.25) is 11.8 Å². The van der Waals surface area contributed by atoms with Crippen LogP contribution < -0.4 is 16.2 Å². The number of anilines is 1. The van der Waals surface area contributed by atoms with E-state index in [0.717, 1.165) is 4.57 Å². The molecule has 0 amide bonds. The Hall–Kier alpha value is -3.26. The molecule has 5 N–H and O–H groups in total. The largest absolute Gasteiger partial charge is 0.468 e. The molecular formula is C18H23N5O8. The first-order chi connectivity index (χ1) is 14.9. The van der Waals surface area contributed by atoms with Crippen molar-refractivity contribution < 1.29 is 34.3 Å². The number of nitrogens with two attached hydrogens (primary N) is 1. The van der Waals surface area contributed by atoms with Gasteiger partial charge in [0.15, 0.2) is 17.4 Å². The lowest BCUT2D eigenvalue weighted by Crippen LogP contribution is -2.36. The number of imidazole rings is 1. The number of hydrogen-bond acceptors (Lipinski definition) is 11. The minimum Gasteiger partial charge on any atom is -0.468 e. The maximum absolute atomic E-state index is 13.2. The van der Waals surface area contributed by atoms with E-state index in [9.17, 15) is 24.9 Å². The van der Waals surface area contributed by atoms with Crippen LogP contribution in [0.4, 0.5) is 5.95 Å². The monoisotopic (exact) mass is 437 g/mol. The van der Waals surface area contributed by atoms with E-state index >= 15 is 0 Å². The fraction of sp³-hybridized carbons (Fsp3) is 0.444. The number of rotatable bonds is 9. The van der Waals surface area contributed by atoms with E-state index in [4.69, 9.17) is 19.9 Å². The van der Waals surface area contributed by atoms with E-state index in [-0.39, 0.29) is 48.4 Å². The second kappa shape index (κ2) is 9.26. The van der Waals surface area contributed by atoms with Crippen molar-refractivity contribution in [1.82, 2.24) is 19.1 Å². The van der Waals surface area contributed by atoms with Gasteiger partial charge in [-0.25, -0.2) is 9.36 Å². The maximum Gasteiger partial charge on any atom is 0.333 e. The van der Waals surface area contributed by atoms with E-state index in [1.54, 1.807) is 6.92 Å². The number of carbonyl (C=O) groups is 1. The van der Waals surface area contributed by atoms with Crippen molar-refractivity contribution in [1.29, 1.82) is 0 Å². The highest BCUT2D eigenvalue weighted by Crippen LogP contribution is 2.32. The van der Waals surface area contributed by atoms with Gasteiger partial charge in [-0.2, -0.15) is 9.97 Å². The van der Waals surface area contributed by atoms with Gasteiger partial charge in [0, 0.05) is 6.54 Å². The third-order valence-corrected chi connectivity index (χ3v) is 4.74. The molecule has 0 bridgehead atoms. The molecule has 1 saturated heterocycles. The van der Waals surface area contributed by atoms with Gasteiger partial charge in [-0.1, -0.05) is 6.08 Å². The number of ether oxygens (including phenoxy) is 3. The summed E-state index contributed by atoms with van der Waals surface area (Å²) in [5.74, 6) is -0.126. The number of fused-ring (bicyclic) bond motifs is 1. The Morgan fingerprint density at radius 3 is 2.68 bits per heavy atom. The summed E-state index contributed by atoms with van der Waals surface area (Å²) >= 11 is 0. The van der Waals surface area contributed by atoms with Crippen molar-refractivity contribution in [2.75, 3.05) is 18.9 Å². The molecule has 4 atom stereocenters. The normalized spacial score (nSPS) is 23.8. The van der Waals surface area contributed by atoms with Crippen LogP contribution in [0, 0.1) is 0 Å². The number of allylic oxidation sites excluding steroid dienone is 2. The van der Waals surface area contributed by atoms with Crippen molar-refractivity contribution in [3.8, 4) is 5.88 Å². The van der Waals surface area contributed by atoms with Crippen molar-refractivity contribution in [3.63, 3.8) is 0 Å². The molecule has 13 nitrogen and oxygen atoms in total. The minimum atomic E-state index is -1.52. The SMILES string of the molecule is C=CCn1c(=O)n([C@@H]2O[C@H](CO)[C@@H](O)[C@H]2O)c2nc(N)nc(OCC(=CC)OC=O)c21. The number of nitrogen functional groups attached to an aromatic ring is 1. The first-order valence-electron chi connectivity index (χ1n) is 9.27. The second-order valence-electron chi connectivity index (χ2n) is 6.60. The van der Waals surface area contributed by atoms with E-state index < -0.39 is 36.8 Å². The zero-order valence-corrected chi connectivity index (χ0v) is 16.6. The van der Waals surface area contributed by atoms with Crippen LogP contribution in [0.5, 0.6) is 5.88 Å².